The lowest BCUT2D eigenvalue weighted by atomic mass is 10.1. The van der Waals surface area contributed by atoms with Crippen molar-refractivity contribution in [3.8, 4) is 17.2 Å². The summed E-state index contributed by atoms with van der Waals surface area (Å²) in [6.45, 7) is 1.29. The molecule has 7 rings (SSSR count). The van der Waals surface area contributed by atoms with Crippen LogP contribution in [0.15, 0.2) is 125 Å². The quantitative estimate of drug-likeness (QED) is 0.0330. The van der Waals surface area contributed by atoms with Crippen LogP contribution >= 0.6 is 0 Å². The topological polar surface area (TPSA) is 401 Å². The number of aliphatic hydroxyl groups is 1. The minimum absolute atomic E-state index is 0.00544. The Labute approximate surface area is 396 Å². The van der Waals surface area contributed by atoms with Gasteiger partial charge in [-0.15, -0.1) is 15.3 Å². The van der Waals surface area contributed by atoms with Gasteiger partial charge in [-0.3, -0.25) is 18.2 Å². The van der Waals surface area contributed by atoms with E-state index >= 15 is 0 Å². The SMILES string of the molecule is COc1ccc(S(=O)(=O)O)cc1N=Nc1c(S(=O)(=O)O)cc2c(Nc3nc(NCCO)nc(Nc4cc(C)c(N=Nc5cc(S(=O)(=O)O)cc6cc(S(=O)(=O)O)ccc56)cc4OC)n3)cccc2c1O. The van der Waals surface area contributed by atoms with Crippen molar-refractivity contribution in [3.05, 3.63) is 90.5 Å². The highest BCUT2D eigenvalue weighted by Gasteiger charge is 2.25. The molecule has 0 aliphatic rings. The molecule has 0 saturated heterocycles. The van der Waals surface area contributed by atoms with E-state index in [0.29, 0.717) is 5.56 Å². The highest BCUT2D eigenvalue weighted by Crippen LogP contribution is 2.45. The number of benzene rings is 6. The van der Waals surface area contributed by atoms with Crippen molar-refractivity contribution in [2.24, 2.45) is 20.5 Å². The van der Waals surface area contributed by atoms with Crippen molar-refractivity contribution < 1.29 is 71.6 Å². The molecule has 0 aliphatic heterocycles. The predicted molar refractivity (Wildman–Crippen MR) is 250 cm³/mol. The Hall–Kier alpha value is -7.55. The van der Waals surface area contributed by atoms with Crippen LogP contribution in [-0.2, 0) is 40.5 Å². The van der Waals surface area contributed by atoms with Gasteiger partial charge in [-0.2, -0.15) is 53.7 Å². The molecule has 30 heteroatoms. The molecule has 7 aromatic rings. The van der Waals surface area contributed by atoms with Gasteiger partial charge in [-0.05, 0) is 78.5 Å². The molecule has 0 bridgehead atoms. The summed E-state index contributed by atoms with van der Waals surface area (Å²) in [7, 11) is -16.8. The van der Waals surface area contributed by atoms with E-state index in [4.69, 9.17) is 9.47 Å². The number of phenols is 1. The van der Waals surface area contributed by atoms with Crippen LogP contribution < -0.4 is 25.4 Å². The number of ether oxygens (including phenoxy) is 2. The molecule has 70 heavy (non-hydrogen) atoms. The van der Waals surface area contributed by atoms with Crippen LogP contribution in [0.2, 0.25) is 0 Å². The fraction of sp³-hybridized carbons (Fsp3) is 0.125. The number of fused-ring (bicyclic) bond motifs is 2. The van der Waals surface area contributed by atoms with Crippen molar-refractivity contribution in [1.29, 1.82) is 0 Å². The summed E-state index contributed by atoms with van der Waals surface area (Å²) in [6.07, 6.45) is 0. The first-order chi connectivity index (χ1) is 32.9. The number of rotatable bonds is 17. The van der Waals surface area contributed by atoms with Crippen LogP contribution in [0.5, 0.6) is 17.2 Å². The standard InChI is InChI=1S/C40H36N10O16S4/c1-20-13-31(34(66-3)19-29(20)47-48-30-17-24(69(59,60)61)15-21-14-22(67(53,54)55)7-9-25(21)30)43-40-45-38(41-11-12-51)44-39(46-40)42-28-6-4-5-26-27(28)18-35(70(62,63)64)36(37(26)52)50-49-32-16-23(68(56,57)58)8-10-33(32)65-2/h4-10,13-19,51-52H,11-12H2,1-3H3,(H,53,54,55)(H,56,57,58)(H,59,60,61)(H,62,63,64)(H3,41,42,43,44,45,46). The molecule has 1 aromatic heterocycles. The molecule has 0 fully saturated rings. The number of aromatic hydroxyl groups is 1. The van der Waals surface area contributed by atoms with Crippen molar-refractivity contribution in [2.75, 3.05) is 43.3 Å². The predicted octanol–water partition coefficient (Wildman–Crippen LogP) is 6.92. The Balaban J connectivity index is 1.25. The van der Waals surface area contributed by atoms with E-state index in [9.17, 15) is 62.1 Å². The van der Waals surface area contributed by atoms with Crippen LogP contribution in [0, 0.1) is 6.92 Å². The maximum absolute atomic E-state index is 12.8. The van der Waals surface area contributed by atoms with Gasteiger partial charge in [0.05, 0.1) is 52.6 Å². The molecular formula is C40H36N10O16S4. The van der Waals surface area contributed by atoms with E-state index in [2.05, 4.69) is 51.4 Å². The number of hydrogen-bond acceptors (Lipinski definition) is 22. The number of aliphatic hydroxyl groups excluding tert-OH is 1. The highest BCUT2D eigenvalue weighted by molar-refractivity contribution is 7.86. The van der Waals surface area contributed by atoms with Crippen molar-refractivity contribution in [2.45, 2.75) is 26.5 Å². The summed E-state index contributed by atoms with van der Waals surface area (Å²) in [5.41, 5.74) is -0.148. The molecule has 366 valence electrons. The summed E-state index contributed by atoms with van der Waals surface area (Å²) in [5, 5.41) is 46.0. The fourth-order valence-corrected chi connectivity index (χ4v) is 8.81. The minimum Gasteiger partial charge on any atom is -0.505 e. The Morgan fingerprint density at radius 2 is 1.13 bits per heavy atom. The molecule has 0 aliphatic carbocycles. The lowest BCUT2D eigenvalue weighted by Crippen LogP contribution is -2.12. The van der Waals surface area contributed by atoms with Crippen molar-refractivity contribution in [1.82, 2.24) is 15.0 Å². The molecule has 0 amide bonds. The van der Waals surface area contributed by atoms with E-state index in [1.807, 2.05) is 0 Å². The van der Waals surface area contributed by atoms with Gasteiger partial charge in [0.1, 0.15) is 27.8 Å². The van der Waals surface area contributed by atoms with Crippen LogP contribution in [0.25, 0.3) is 21.5 Å². The molecule has 0 radical (unpaired) electrons. The molecule has 0 atom stereocenters. The number of aromatic nitrogens is 3. The number of azo groups is 2. The Morgan fingerprint density at radius 1 is 0.557 bits per heavy atom. The molecule has 0 spiro atoms. The Kier molecular flexibility index (Phi) is 14.0. The second-order valence-corrected chi connectivity index (χ2v) is 20.1. The Morgan fingerprint density at radius 3 is 1.76 bits per heavy atom. The lowest BCUT2D eigenvalue weighted by Gasteiger charge is -2.15. The van der Waals surface area contributed by atoms with Crippen LogP contribution in [-0.4, -0.2) is 104 Å². The van der Waals surface area contributed by atoms with Crippen LogP contribution in [0.1, 0.15) is 5.56 Å². The van der Waals surface area contributed by atoms with Gasteiger partial charge in [-0.1, -0.05) is 18.2 Å². The molecule has 26 nitrogen and oxygen atoms in total. The smallest absolute Gasteiger partial charge is 0.296 e. The zero-order valence-electron chi connectivity index (χ0n) is 36.0. The summed E-state index contributed by atoms with van der Waals surface area (Å²) < 4.78 is 147. The normalized spacial score (nSPS) is 12.5. The summed E-state index contributed by atoms with van der Waals surface area (Å²) in [4.78, 5) is 10.4. The third-order valence-corrected chi connectivity index (χ3v) is 13.3. The molecule has 0 unspecified atom stereocenters. The number of hydrogen-bond donors (Lipinski definition) is 9. The lowest BCUT2D eigenvalue weighted by molar-refractivity contribution is 0.310. The number of aryl methyl sites for hydroxylation is 1. The van der Waals surface area contributed by atoms with E-state index in [-0.39, 0.29) is 92.5 Å². The molecule has 0 saturated carbocycles. The maximum atomic E-state index is 12.8. The highest BCUT2D eigenvalue weighted by atomic mass is 32.2. The van der Waals surface area contributed by atoms with Gasteiger partial charge in [0, 0.05) is 34.5 Å². The number of nitrogens with zero attached hydrogens (tertiary/aromatic N) is 7. The Bertz CT molecular complexity index is 3780. The van der Waals surface area contributed by atoms with Gasteiger partial charge in [0.15, 0.2) is 5.75 Å². The largest absolute Gasteiger partial charge is 0.505 e. The molecule has 1 heterocycles. The zero-order chi connectivity index (χ0) is 50.9. The van der Waals surface area contributed by atoms with Crippen molar-refractivity contribution >= 4 is 114 Å². The molecular weight excluding hydrogens is 1000 g/mol. The van der Waals surface area contributed by atoms with Crippen molar-refractivity contribution in [3.63, 3.8) is 0 Å². The van der Waals surface area contributed by atoms with E-state index in [1.165, 1.54) is 44.6 Å². The average molecular weight is 1040 g/mol. The van der Waals surface area contributed by atoms with Crippen LogP contribution in [0.3, 0.4) is 0 Å². The van der Waals surface area contributed by atoms with E-state index < -0.39 is 71.5 Å². The third-order valence-electron chi connectivity index (χ3n) is 9.86. The van der Waals surface area contributed by atoms with Gasteiger partial charge in [0.2, 0.25) is 17.8 Å². The number of anilines is 5. The summed E-state index contributed by atoms with van der Waals surface area (Å²) >= 11 is 0. The number of phenolic OH excluding ortho intramolecular Hbond substituents is 1. The minimum atomic E-state index is -5.18. The van der Waals surface area contributed by atoms with Gasteiger partial charge in [-0.25, -0.2) is 0 Å². The van der Waals surface area contributed by atoms with Crippen LogP contribution in [0.4, 0.5) is 52.0 Å². The number of methoxy groups -OCH3 is 2. The van der Waals surface area contributed by atoms with Gasteiger partial charge in [0.25, 0.3) is 40.5 Å². The monoisotopic (exact) mass is 1040 g/mol. The summed E-state index contributed by atoms with van der Waals surface area (Å²) in [6, 6.07) is 16.7. The zero-order valence-corrected chi connectivity index (χ0v) is 39.3. The van der Waals surface area contributed by atoms with Gasteiger partial charge >= 0.3 is 0 Å². The first kappa shape index (κ1) is 50.3. The second-order valence-electron chi connectivity index (χ2n) is 14.5. The third kappa shape index (κ3) is 11.1. The second kappa shape index (κ2) is 19.4. The molecule has 6 aromatic carbocycles. The molecule has 9 N–H and O–H groups in total. The summed E-state index contributed by atoms with van der Waals surface area (Å²) in [5.74, 6) is -1.07. The maximum Gasteiger partial charge on any atom is 0.296 e. The number of nitrogens with one attached hydrogen (secondary N) is 3. The van der Waals surface area contributed by atoms with Gasteiger partial charge < -0.3 is 35.6 Å². The fourth-order valence-electron chi connectivity index (χ4n) is 6.61. The first-order valence-corrected chi connectivity index (χ1v) is 25.3. The average Bonchev–Trinajstić information content (AvgIpc) is 3.28. The first-order valence-electron chi connectivity index (χ1n) is 19.5. The van der Waals surface area contributed by atoms with E-state index in [0.717, 1.165) is 48.5 Å². The van der Waals surface area contributed by atoms with E-state index in [1.54, 1.807) is 13.0 Å².